The normalized spacial score (nSPS) is 10.8. The maximum Gasteiger partial charge on any atom is 0.353 e. The molecule has 0 spiro atoms. The first-order valence-corrected chi connectivity index (χ1v) is 19.3. The lowest BCUT2D eigenvalue weighted by Gasteiger charge is -1.92. The molecule has 1 N–H and O–H groups in total. The molecule has 4 heterocycles. The maximum atomic E-state index is 10.6. The molecular formula is C20H22Cl2O5S8. The van der Waals surface area contributed by atoms with E-state index in [0.29, 0.717) is 0 Å². The van der Waals surface area contributed by atoms with E-state index in [4.69, 9.17) is 23.7 Å². The molecule has 0 amide bonds. The monoisotopic (exact) mass is 668 g/mol. The van der Waals surface area contributed by atoms with Crippen LogP contribution in [0.4, 0.5) is 0 Å². The minimum Gasteiger partial charge on any atom is -0.273 e. The molecule has 0 radical (unpaired) electrons. The average Bonchev–Trinajstić information content (AvgIpc) is 3.50. The van der Waals surface area contributed by atoms with Crippen molar-refractivity contribution in [3.8, 4) is 0 Å². The van der Waals surface area contributed by atoms with Crippen LogP contribution in [0.1, 0.15) is 19.5 Å². The Labute approximate surface area is 239 Å². The number of thiophene rings is 4. The Morgan fingerprint density at radius 2 is 1.11 bits per heavy atom. The molecule has 35 heavy (non-hydrogen) atoms. The first kappa shape index (κ1) is 33.0. The Hall–Kier alpha value is -0.0600. The molecule has 0 bridgehead atoms. The summed E-state index contributed by atoms with van der Waals surface area (Å²) in [6.45, 7) is 8.23. The topological polar surface area (TPSA) is 88.5 Å². The number of hydrogen-bond donors (Lipinski definition) is 1. The molecule has 0 aliphatic carbocycles. The van der Waals surface area contributed by atoms with Crippen molar-refractivity contribution in [3.05, 3.63) is 73.4 Å². The van der Waals surface area contributed by atoms with E-state index in [9.17, 15) is 8.42 Å². The van der Waals surface area contributed by atoms with E-state index >= 15 is 0 Å². The second kappa shape index (κ2) is 16.0. The summed E-state index contributed by atoms with van der Waals surface area (Å²) >= 11 is 6.67. The fourth-order valence-electron chi connectivity index (χ4n) is 1.90. The molecule has 0 unspecified atom stereocenters. The summed E-state index contributed by atoms with van der Waals surface area (Å²) in [6.07, 6.45) is 0. The predicted molar refractivity (Wildman–Crippen MR) is 158 cm³/mol. The highest BCUT2D eigenvalue weighted by molar-refractivity contribution is 8.77. The second-order valence-corrected chi connectivity index (χ2v) is 18.9. The van der Waals surface area contributed by atoms with Crippen LogP contribution in [0.5, 0.6) is 0 Å². The molecule has 5 nitrogen and oxygen atoms in total. The van der Waals surface area contributed by atoms with Crippen LogP contribution in [-0.4, -0.2) is 21.4 Å². The first-order valence-electron chi connectivity index (χ1n) is 9.29. The van der Waals surface area contributed by atoms with Crippen molar-refractivity contribution >= 4 is 107 Å². The van der Waals surface area contributed by atoms with E-state index in [1.54, 1.807) is 17.4 Å². The maximum absolute atomic E-state index is 10.6. The van der Waals surface area contributed by atoms with Crippen LogP contribution in [0.15, 0.2) is 66.5 Å². The summed E-state index contributed by atoms with van der Waals surface area (Å²) in [4.78, 5) is 5.10. The highest BCUT2D eigenvalue weighted by Crippen LogP contribution is 2.42. The molecule has 0 aliphatic rings. The van der Waals surface area contributed by atoms with E-state index in [2.05, 4.69) is 73.2 Å². The Kier molecular flexibility index (Phi) is 15.1. The van der Waals surface area contributed by atoms with Crippen LogP contribution in [0.25, 0.3) is 0 Å². The number of aryl methyl sites for hydroxylation is 4. The van der Waals surface area contributed by atoms with Crippen molar-refractivity contribution in [1.82, 2.24) is 0 Å². The summed E-state index contributed by atoms with van der Waals surface area (Å²) in [5, 5.41) is 2.08. The third kappa shape index (κ3) is 17.1. The summed E-state index contributed by atoms with van der Waals surface area (Å²) in [5.41, 5.74) is 0. The van der Waals surface area contributed by atoms with E-state index in [-0.39, 0.29) is 4.21 Å². The smallest absolute Gasteiger partial charge is 0.273 e. The first-order chi connectivity index (χ1) is 16.1. The minimum atomic E-state index is -4.19. The van der Waals surface area contributed by atoms with Crippen LogP contribution in [0.3, 0.4) is 0 Å². The second-order valence-electron chi connectivity index (χ2n) is 6.34. The molecular weight excluding hydrogens is 648 g/mol. The van der Waals surface area contributed by atoms with E-state index in [1.807, 2.05) is 51.2 Å². The Balaban J connectivity index is 0.000000255. The lowest BCUT2D eigenvalue weighted by atomic mass is 10.5. The van der Waals surface area contributed by atoms with Crippen molar-refractivity contribution in [2.24, 2.45) is 0 Å². The van der Waals surface area contributed by atoms with Gasteiger partial charge in [-0.05, 0) is 97.1 Å². The van der Waals surface area contributed by atoms with Gasteiger partial charge in [0.15, 0.2) is 0 Å². The van der Waals surface area contributed by atoms with Gasteiger partial charge in [0.1, 0.15) is 4.21 Å². The molecule has 0 atom stereocenters. The molecule has 4 rings (SSSR count). The van der Waals surface area contributed by atoms with Crippen LogP contribution in [-0.2, 0) is 18.4 Å². The lowest BCUT2D eigenvalue weighted by molar-refractivity contribution is 0.501. The van der Waals surface area contributed by atoms with Crippen molar-refractivity contribution in [3.63, 3.8) is 0 Å². The van der Waals surface area contributed by atoms with Gasteiger partial charge in [0.2, 0.25) is 0 Å². The largest absolute Gasteiger partial charge is 0.353 e. The van der Waals surface area contributed by atoms with Gasteiger partial charge in [-0.3, -0.25) is 4.55 Å². The summed E-state index contributed by atoms with van der Waals surface area (Å²) in [5.74, 6) is 0. The van der Waals surface area contributed by atoms with Gasteiger partial charge in [-0.1, -0.05) is 6.07 Å². The molecule has 4 aromatic rings. The fourth-order valence-corrected chi connectivity index (χ4v) is 9.18. The molecule has 0 saturated carbocycles. The van der Waals surface area contributed by atoms with E-state index in [1.165, 1.54) is 40.5 Å². The standard InChI is InChI=1S/C10H10S4.C5H5ClO2S2.C5H6S.ClHO3S/c1-7-3-5-9(11-7)13-14-10-6-4-8(2)12-10;1-4-2-3-5(9-4)10(6,7)8;1-5-3-2-4-6-5;1-5(2,3)4/h3-6H,1-2H3;2-3H,1H3;2-4H,1H3;(H,2,3,4). The van der Waals surface area contributed by atoms with Crippen molar-refractivity contribution in [2.45, 2.75) is 40.3 Å². The highest BCUT2D eigenvalue weighted by atomic mass is 35.7. The zero-order chi connectivity index (χ0) is 26.6. The highest BCUT2D eigenvalue weighted by Gasteiger charge is 2.10. The molecule has 15 heteroatoms. The van der Waals surface area contributed by atoms with Crippen molar-refractivity contribution < 1.29 is 21.4 Å². The van der Waals surface area contributed by atoms with Crippen LogP contribution < -0.4 is 0 Å². The third-order valence-corrected chi connectivity index (χ3v) is 12.4. The Morgan fingerprint density at radius 1 is 0.686 bits per heavy atom. The van der Waals surface area contributed by atoms with Crippen LogP contribution in [0.2, 0.25) is 0 Å². The molecule has 0 aromatic carbocycles. The van der Waals surface area contributed by atoms with Crippen LogP contribution in [0, 0.1) is 27.7 Å². The van der Waals surface area contributed by atoms with Gasteiger partial charge in [-0.25, -0.2) is 8.42 Å². The Morgan fingerprint density at radius 3 is 1.31 bits per heavy atom. The number of rotatable bonds is 4. The van der Waals surface area contributed by atoms with E-state index < -0.39 is 18.4 Å². The average molecular weight is 670 g/mol. The molecule has 0 fully saturated rings. The Bertz CT molecular complexity index is 1310. The van der Waals surface area contributed by atoms with Crippen molar-refractivity contribution in [1.29, 1.82) is 0 Å². The van der Waals surface area contributed by atoms with Gasteiger partial charge in [-0.2, -0.15) is 8.42 Å². The van der Waals surface area contributed by atoms with Gasteiger partial charge in [0.25, 0.3) is 9.05 Å². The minimum absolute atomic E-state index is 0.215. The van der Waals surface area contributed by atoms with Crippen LogP contribution >= 0.6 is 88.3 Å². The number of hydrogen-bond acceptors (Lipinski definition) is 10. The zero-order valence-corrected chi connectivity index (χ0v) is 26.8. The summed E-state index contributed by atoms with van der Waals surface area (Å²) < 4.78 is 49.4. The predicted octanol–water partition coefficient (Wildman–Crippen LogP) is 9.29. The SMILES string of the molecule is Cc1ccc(S(=O)(=O)Cl)s1.Cc1ccc(SSc2ccc(C)s2)s1.Cc1cccs1.O=S(=O)(O)Cl. The van der Waals surface area contributed by atoms with E-state index in [0.717, 1.165) is 4.88 Å². The lowest BCUT2D eigenvalue weighted by Crippen LogP contribution is -1.82. The summed E-state index contributed by atoms with van der Waals surface area (Å²) in [7, 11) is 5.13. The zero-order valence-electron chi connectivity index (χ0n) is 18.8. The third-order valence-electron chi connectivity index (χ3n) is 3.26. The quantitative estimate of drug-likeness (QED) is 0.132. The van der Waals surface area contributed by atoms with Crippen molar-refractivity contribution in [2.75, 3.05) is 0 Å². The molecule has 194 valence electrons. The fraction of sp³-hybridized carbons (Fsp3) is 0.200. The van der Waals surface area contributed by atoms with Gasteiger partial charge < -0.3 is 0 Å². The van der Waals surface area contributed by atoms with Gasteiger partial charge >= 0.3 is 9.33 Å². The van der Waals surface area contributed by atoms with Gasteiger partial charge in [0.05, 0.1) is 8.42 Å². The number of halogens is 2. The molecule has 0 saturated heterocycles. The molecule has 4 aromatic heterocycles. The summed E-state index contributed by atoms with van der Waals surface area (Å²) in [6, 6.07) is 16.1. The molecule has 0 aliphatic heterocycles. The van der Waals surface area contributed by atoms with Gasteiger partial charge in [0, 0.05) is 40.9 Å². The van der Waals surface area contributed by atoms with Gasteiger partial charge in [-0.15, -0.1) is 45.3 Å².